The number of likely N-dealkylation sites (tertiary alicyclic amines) is 1. The van der Waals surface area contributed by atoms with Gasteiger partial charge < -0.3 is 20.5 Å². The highest BCUT2D eigenvalue weighted by molar-refractivity contribution is 5.67. The van der Waals surface area contributed by atoms with Crippen LogP contribution in [0.15, 0.2) is 18.2 Å². The Kier molecular flexibility index (Phi) is 4.68. The van der Waals surface area contributed by atoms with Crippen molar-refractivity contribution in [2.75, 3.05) is 33.0 Å². The van der Waals surface area contributed by atoms with Crippen LogP contribution < -0.4 is 15.8 Å². The molecule has 20 heavy (non-hydrogen) atoms. The highest BCUT2D eigenvalue weighted by atomic mass is 16.5. The van der Waals surface area contributed by atoms with Gasteiger partial charge in [0.25, 0.3) is 0 Å². The Labute approximate surface area is 118 Å². The van der Waals surface area contributed by atoms with E-state index in [2.05, 4.69) is 15.0 Å². The summed E-state index contributed by atoms with van der Waals surface area (Å²) in [5.41, 5.74) is 7.66. The van der Waals surface area contributed by atoms with Crippen molar-refractivity contribution in [3.05, 3.63) is 23.8 Å². The first-order valence-electron chi connectivity index (χ1n) is 6.61. The summed E-state index contributed by atoms with van der Waals surface area (Å²) < 4.78 is 9.83. The minimum atomic E-state index is -0.373. The number of hydrogen-bond acceptors (Lipinski definition) is 5. The van der Waals surface area contributed by atoms with Gasteiger partial charge in [0.05, 0.1) is 14.2 Å². The van der Waals surface area contributed by atoms with E-state index in [0.717, 1.165) is 37.4 Å². The normalized spacial score (nSPS) is 18.8. The predicted octanol–water partition coefficient (Wildman–Crippen LogP) is 1.21. The van der Waals surface area contributed by atoms with Crippen molar-refractivity contribution in [3.8, 4) is 5.75 Å². The Morgan fingerprint density at radius 2 is 2.25 bits per heavy atom. The van der Waals surface area contributed by atoms with E-state index < -0.39 is 0 Å². The SMILES string of the molecule is COC(=O)NC1CCN(Cc2cc(N)cc(OC)c2)C1. The second-order valence-electron chi connectivity index (χ2n) is 4.97. The van der Waals surface area contributed by atoms with E-state index in [1.165, 1.54) is 7.11 Å². The number of nitrogens with one attached hydrogen (secondary N) is 1. The number of nitrogens with zero attached hydrogens (tertiary/aromatic N) is 1. The average molecular weight is 279 g/mol. The smallest absolute Gasteiger partial charge is 0.407 e. The van der Waals surface area contributed by atoms with E-state index in [-0.39, 0.29) is 12.1 Å². The zero-order valence-electron chi connectivity index (χ0n) is 11.9. The molecule has 0 aliphatic carbocycles. The Hall–Kier alpha value is -1.95. The van der Waals surface area contributed by atoms with Gasteiger partial charge in [-0.2, -0.15) is 0 Å². The molecule has 1 aliphatic heterocycles. The summed E-state index contributed by atoms with van der Waals surface area (Å²) in [5.74, 6) is 0.767. The zero-order valence-corrected chi connectivity index (χ0v) is 11.9. The summed E-state index contributed by atoms with van der Waals surface area (Å²) in [6.45, 7) is 2.54. The van der Waals surface area contributed by atoms with E-state index in [1.54, 1.807) is 13.2 Å². The maximum Gasteiger partial charge on any atom is 0.407 e. The van der Waals surface area contributed by atoms with E-state index in [9.17, 15) is 4.79 Å². The van der Waals surface area contributed by atoms with Crippen LogP contribution in [0.25, 0.3) is 0 Å². The quantitative estimate of drug-likeness (QED) is 0.810. The third-order valence-electron chi connectivity index (χ3n) is 3.41. The molecule has 3 N–H and O–H groups in total. The largest absolute Gasteiger partial charge is 0.497 e. The van der Waals surface area contributed by atoms with E-state index in [0.29, 0.717) is 5.69 Å². The molecule has 1 atom stereocenters. The van der Waals surface area contributed by atoms with Crippen LogP contribution in [-0.2, 0) is 11.3 Å². The van der Waals surface area contributed by atoms with Gasteiger partial charge in [-0.3, -0.25) is 4.90 Å². The van der Waals surface area contributed by atoms with Crippen LogP contribution in [0, 0.1) is 0 Å². The summed E-state index contributed by atoms with van der Waals surface area (Å²) >= 11 is 0. The topological polar surface area (TPSA) is 76.8 Å². The fourth-order valence-corrected chi connectivity index (χ4v) is 2.47. The molecule has 1 aromatic rings. The molecule has 1 saturated heterocycles. The summed E-state index contributed by atoms with van der Waals surface area (Å²) in [4.78, 5) is 13.4. The molecule has 0 aromatic heterocycles. The summed E-state index contributed by atoms with van der Waals surface area (Å²) in [7, 11) is 3.01. The minimum Gasteiger partial charge on any atom is -0.497 e. The van der Waals surface area contributed by atoms with Gasteiger partial charge in [0.2, 0.25) is 0 Å². The zero-order chi connectivity index (χ0) is 14.5. The van der Waals surface area contributed by atoms with Gasteiger partial charge >= 0.3 is 6.09 Å². The van der Waals surface area contributed by atoms with Gasteiger partial charge in [0.1, 0.15) is 5.75 Å². The van der Waals surface area contributed by atoms with Crippen LogP contribution in [0.2, 0.25) is 0 Å². The first-order valence-corrected chi connectivity index (χ1v) is 6.61. The number of carbonyl (C=O) groups excluding carboxylic acids is 1. The number of nitrogens with two attached hydrogens (primary N) is 1. The van der Waals surface area contributed by atoms with Gasteiger partial charge in [-0.15, -0.1) is 0 Å². The minimum absolute atomic E-state index is 0.144. The molecule has 1 fully saturated rings. The second-order valence-corrected chi connectivity index (χ2v) is 4.97. The summed E-state index contributed by atoms with van der Waals surface area (Å²) in [6.07, 6.45) is 0.552. The van der Waals surface area contributed by atoms with Crippen molar-refractivity contribution < 1.29 is 14.3 Å². The molecule has 1 amide bonds. The Balaban J connectivity index is 1.91. The lowest BCUT2D eigenvalue weighted by atomic mass is 10.2. The van der Waals surface area contributed by atoms with Crippen LogP contribution in [0.3, 0.4) is 0 Å². The molecule has 0 saturated carbocycles. The molecule has 0 spiro atoms. The third kappa shape index (κ3) is 3.77. The standard InChI is InChI=1S/C14H21N3O3/c1-19-13-6-10(5-11(15)7-13)8-17-4-3-12(9-17)16-14(18)20-2/h5-7,12H,3-4,8-9,15H2,1-2H3,(H,16,18). The molecule has 0 radical (unpaired) electrons. The molecular formula is C14H21N3O3. The van der Waals surface area contributed by atoms with Gasteiger partial charge in [-0.05, 0) is 24.1 Å². The van der Waals surface area contributed by atoms with Crippen molar-refractivity contribution in [1.29, 1.82) is 0 Å². The van der Waals surface area contributed by atoms with Crippen LogP contribution in [-0.4, -0.2) is 44.3 Å². The molecule has 2 rings (SSSR count). The fraction of sp³-hybridized carbons (Fsp3) is 0.500. The number of ether oxygens (including phenoxy) is 2. The fourth-order valence-electron chi connectivity index (χ4n) is 2.47. The predicted molar refractivity (Wildman–Crippen MR) is 76.6 cm³/mol. The maximum absolute atomic E-state index is 11.2. The van der Waals surface area contributed by atoms with E-state index in [1.807, 2.05) is 12.1 Å². The highest BCUT2D eigenvalue weighted by Gasteiger charge is 2.24. The number of hydrogen-bond donors (Lipinski definition) is 2. The molecule has 0 bridgehead atoms. The number of anilines is 1. The number of nitrogen functional groups attached to an aromatic ring is 1. The summed E-state index contributed by atoms with van der Waals surface area (Å²) in [6, 6.07) is 5.88. The van der Waals surface area contributed by atoms with Gasteiger partial charge in [0, 0.05) is 37.4 Å². The Morgan fingerprint density at radius 3 is 2.95 bits per heavy atom. The molecule has 1 aromatic carbocycles. The van der Waals surface area contributed by atoms with Crippen LogP contribution in [0.4, 0.5) is 10.5 Å². The molecule has 1 aliphatic rings. The number of benzene rings is 1. The van der Waals surface area contributed by atoms with Crippen molar-refractivity contribution in [3.63, 3.8) is 0 Å². The molecule has 1 heterocycles. The first kappa shape index (κ1) is 14.5. The lowest BCUT2D eigenvalue weighted by Crippen LogP contribution is -2.36. The number of rotatable bonds is 4. The van der Waals surface area contributed by atoms with E-state index in [4.69, 9.17) is 10.5 Å². The van der Waals surface area contributed by atoms with Gasteiger partial charge in [-0.1, -0.05) is 0 Å². The monoisotopic (exact) mass is 279 g/mol. The Bertz CT molecular complexity index is 479. The summed E-state index contributed by atoms with van der Waals surface area (Å²) in [5, 5.41) is 2.83. The van der Waals surface area contributed by atoms with Crippen molar-refractivity contribution >= 4 is 11.8 Å². The molecule has 6 heteroatoms. The lowest BCUT2D eigenvalue weighted by Gasteiger charge is -2.17. The van der Waals surface area contributed by atoms with Crippen LogP contribution >= 0.6 is 0 Å². The van der Waals surface area contributed by atoms with Crippen molar-refractivity contribution in [2.24, 2.45) is 0 Å². The van der Waals surface area contributed by atoms with E-state index >= 15 is 0 Å². The number of amides is 1. The maximum atomic E-state index is 11.2. The second kappa shape index (κ2) is 6.47. The number of methoxy groups -OCH3 is 2. The van der Waals surface area contributed by atoms with Crippen molar-refractivity contribution in [2.45, 2.75) is 19.0 Å². The molecule has 110 valence electrons. The molecule has 6 nitrogen and oxygen atoms in total. The average Bonchev–Trinajstić information content (AvgIpc) is 2.85. The number of alkyl carbamates (subject to hydrolysis) is 1. The molecule has 1 unspecified atom stereocenters. The van der Waals surface area contributed by atoms with Gasteiger partial charge in [-0.25, -0.2) is 4.79 Å². The van der Waals surface area contributed by atoms with Crippen LogP contribution in [0.5, 0.6) is 5.75 Å². The number of carbonyl (C=O) groups is 1. The third-order valence-corrected chi connectivity index (χ3v) is 3.41. The molecular weight excluding hydrogens is 258 g/mol. The first-order chi connectivity index (χ1) is 9.60. The van der Waals surface area contributed by atoms with Gasteiger partial charge in [0.15, 0.2) is 0 Å². The Morgan fingerprint density at radius 1 is 1.45 bits per heavy atom. The highest BCUT2D eigenvalue weighted by Crippen LogP contribution is 2.21. The lowest BCUT2D eigenvalue weighted by molar-refractivity contribution is 0.166. The van der Waals surface area contributed by atoms with Crippen molar-refractivity contribution in [1.82, 2.24) is 10.2 Å². The van der Waals surface area contributed by atoms with Crippen LogP contribution in [0.1, 0.15) is 12.0 Å².